The highest BCUT2D eigenvalue weighted by Crippen LogP contribution is 2.15. The molecule has 1 rings (SSSR count). The number of hydrogen-bond donors (Lipinski definition) is 1. The molecule has 1 amide bonds. The van der Waals surface area contributed by atoms with Gasteiger partial charge in [0.25, 0.3) is 0 Å². The molecule has 0 saturated carbocycles. The first kappa shape index (κ1) is 12.8. The molecule has 0 aliphatic carbocycles. The molecule has 0 aliphatic heterocycles. The van der Waals surface area contributed by atoms with E-state index in [0.29, 0.717) is 0 Å². The summed E-state index contributed by atoms with van der Waals surface area (Å²) >= 11 is 0. The lowest BCUT2D eigenvalue weighted by Gasteiger charge is -2.06. The van der Waals surface area contributed by atoms with Gasteiger partial charge in [-0.2, -0.15) is 0 Å². The van der Waals surface area contributed by atoms with Gasteiger partial charge in [-0.05, 0) is 30.3 Å². The van der Waals surface area contributed by atoms with E-state index >= 15 is 0 Å². The Labute approximate surface area is 99.1 Å². The third-order valence-corrected chi connectivity index (χ3v) is 3.64. The van der Waals surface area contributed by atoms with E-state index < -0.39 is 9.76 Å². The van der Waals surface area contributed by atoms with E-state index in [-0.39, 0.29) is 0 Å². The minimum atomic E-state index is -0.429. The van der Waals surface area contributed by atoms with Crippen LogP contribution >= 0.6 is 0 Å². The van der Waals surface area contributed by atoms with Crippen molar-refractivity contribution in [3.05, 3.63) is 24.3 Å². The van der Waals surface area contributed by atoms with Crippen molar-refractivity contribution in [2.24, 2.45) is 0 Å². The first-order chi connectivity index (χ1) is 7.86. The Hall–Kier alpha value is -1.29. The number of unbranched alkanes of at least 4 members (excludes halogenated alkanes) is 2. The van der Waals surface area contributed by atoms with Gasteiger partial charge in [-0.1, -0.05) is 26.2 Å². The molecule has 1 aromatic carbocycles. The van der Waals surface area contributed by atoms with E-state index in [1.165, 1.54) is 25.3 Å². The highest BCUT2D eigenvalue weighted by atomic mass is 28.2. The zero-order valence-electron chi connectivity index (χ0n) is 9.66. The van der Waals surface area contributed by atoms with E-state index in [0.717, 1.165) is 11.4 Å². The fraction of sp³-hybridized carbons (Fsp3) is 0.417. The molecule has 0 unspecified atom stereocenters. The van der Waals surface area contributed by atoms with Crippen LogP contribution in [0, 0.1) is 0 Å². The van der Waals surface area contributed by atoms with Crippen LogP contribution in [0.1, 0.15) is 26.2 Å². The van der Waals surface area contributed by atoms with Crippen molar-refractivity contribution >= 4 is 21.9 Å². The molecule has 0 aliphatic rings. The summed E-state index contributed by atoms with van der Waals surface area (Å²) in [5, 5.41) is 2.47. The van der Waals surface area contributed by atoms with Crippen LogP contribution in [0.3, 0.4) is 0 Å². The van der Waals surface area contributed by atoms with Gasteiger partial charge < -0.3 is 9.74 Å². The Morgan fingerprint density at radius 2 is 2.06 bits per heavy atom. The Kier molecular flexibility index (Phi) is 6.33. The maximum atomic E-state index is 10.1. The fourth-order valence-electron chi connectivity index (χ4n) is 1.41. The topological polar surface area (TPSA) is 38.3 Å². The molecule has 16 heavy (non-hydrogen) atoms. The van der Waals surface area contributed by atoms with E-state index in [1.807, 2.05) is 24.3 Å². The van der Waals surface area contributed by atoms with Crippen LogP contribution in [0.15, 0.2) is 24.3 Å². The van der Waals surface area contributed by atoms with Crippen molar-refractivity contribution in [2.45, 2.75) is 32.2 Å². The summed E-state index contributed by atoms with van der Waals surface area (Å²) in [5.41, 5.74) is 0.745. The van der Waals surface area contributed by atoms with E-state index in [1.54, 1.807) is 6.41 Å². The number of rotatable bonds is 8. The summed E-state index contributed by atoms with van der Waals surface area (Å²) in [6.07, 6.45) is 5.48. The maximum absolute atomic E-state index is 10.1. The molecule has 3 nitrogen and oxygen atoms in total. The Morgan fingerprint density at radius 3 is 2.69 bits per heavy atom. The number of hydrogen-bond acceptors (Lipinski definition) is 2. The zero-order valence-corrected chi connectivity index (χ0v) is 11.1. The largest absolute Gasteiger partial charge is 0.549 e. The standard InChI is InChI=1S/C12H18NO2Si/c1-2-3-4-9-16-15-12-7-5-11(6-8-12)13-10-14/h5-8H,2-4,9,16H2,1H3,(H,13,14). The first-order valence-corrected chi connectivity index (χ1v) is 7.30. The molecule has 0 heterocycles. The van der Waals surface area contributed by atoms with Gasteiger partial charge in [0.05, 0.1) is 0 Å². The lowest BCUT2D eigenvalue weighted by Crippen LogP contribution is -2.01. The van der Waals surface area contributed by atoms with E-state index in [2.05, 4.69) is 12.2 Å². The first-order valence-electron chi connectivity index (χ1n) is 5.73. The second-order valence-corrected chi connectivity index (χ2v) is 5.06. The molecule has 4 heteroatoms. The van der Waals surface area contributed by atoms with Gasteiger partial charge in [0, 0.05) is 5.69 Å². The Bertz CT molecular complexity index is 300. The quantitative estimate of drug-likeness (QED) is 0.427. The minimum absolute atomic E-state index is 0.429. The summed E-state index contributed by atoms with van der Waals surface area (Å²) in [5.74, 6) is 0.902. The van der Waals surface area contributed by atoms with Gasteiger partial charge in [-0.3, -0.25) is 4.79 Å². The van der Waals surface area contributed by atoms with E-state index in [4.69, 9.17) is 4.43 Å². The third-order valence-electron chi connectivity index (χ3n) is 2.32. The normalized spacial score (nSPS) is 10.6. The van der Waals surface area contributed by atoms with Gasteiger partial charge in [-0.15, -0.1) is 0 Å². The SMILES string of the molecule is CCCCC[SiH2]Oc1ccc(N[C]=O)cc1. The molecular formula is C12H18NO2Si. The molecule has 0 saturated heterocycles. The van der Waals surface area contributed by atoms with Gasteiger partial charge >= 0.3 is 6.41 Å². The molecule has 0 aromatic heterocycles. The molecule has 1 radical (unpaired) electrons. The van der Waals surface area contributed by atoms with Crippen molar-refractivity contribution in [3.63, 3.8) is 0 Å². The predicted molar refractivity (Wildman–Crippen MR) is 69.3 cm³/mol. The Balaban J connectivity index is 2.23. The lowest BCUT2D eigenvalue weighted by molar-refractivity contribution is 0.561. The second-order valence-electron chi connectivity index (χ2n) is 3.66. The molecule has 0 spiro atoms. The second kappa shape index (κ2) is 7.93. The number of carbonyl (C=O) groups excluding carboxylic acids is 1. The molecule has 0 atom stereocenters. The summed E-state index contributed by atoms with van der Waals surface area (Å²) in [6, 6.07) is 8.64. The zero-order chi connectivity index (χ0) is 11.6. The summed E-state index contributed by atoms with van der Waals surface area (Å²) in [7, 11) is -0.429. The van der Waals surface area contributed by atoms with Crippen LogP contribution in [0.25, 0.3) is 0 Å². The number of anilines is 1. The van der Waals surface area contributed by atoms with Crippen molar-refractivity contribution in [1.82, 2.24) is 0 Å². The van der Waals surface area contributed by atoms with E-state index in [9.17, 15) is 4.79 Å². The van der Waals surface area contributed by atoms with Crippen molar-refractivity contribution in [2.75, 3.05) is 5.32 Å². The van der Waals surface area contributed by atoms with Crippen LogP contribution in [-0.4, -0.2) is 16.2 Å². The van der Waals surface area contributed by atoms with Crippen LogP contribution in [-0.2, 0) is 4.79 Å². The molecular weight excluding hydrogens is 218 g/mol. The number of benzene rings is 1. The highest BCUT2D eigenvalue weighted by molar-refractivity contribution is 6.28. The van der Waals surface area contributed by atoms with Gasteiger partial charge in [0.15, 0.2) is 0 Å². The van der Waals surface area contributed by atoms with Crippen LogP contribution in [0.4, 0.5) is 5.69 Å². The summed E-state index contributed by atoms with van der Waals surface area (Å²) < 4.78 is 5.70. The van der Waals surface area contributed by atoms with Crippen LogP contribution in [0.5, 0.6) is 5.75 Å². The van der Waals surface area contributed by atoms with Crippen molar-refractivity contribution < 1.29 is 9.22 Å². The van der Waals surface area contributed by atoms with Crippen LogP contribution < -0.4 is 9.74 Å². The summed E-state index contributed by atoms with van der Waals surface area (Å²) in [4.78, 5) is 10.1. The highest BCUT2D eigenvalue weighted by Gasteiger charge is 1.95. The fourth-order valence-corrected chi connectivity index (χ4v) is 2.54. The molecule has 1 N–H and O–H groups in total. The number of nitrogens with one attached hydrogen (secondary N) is 1. The Morgan fingerprint density at radius 1 is 1.31 bits per heavy atom. The lowest BCUT2D eigenvalue weighted by atomic mass is 10.3. The molecule has 0 fully saturated rings. The van der Waals surface area contributed by atoms with Gasteiger partial charge in [0.1, 0.15) is 5.75 Å². The molecule has 87 valence electrons. The van der Waals surface area contributed by atoms with Crippen LogP contribution in [0.2, 0.25) is 6.04 Å². The maximum Gasteiger partial charge on any atom is 0.314 e. The average molecular weight is 236 g/mol. The molecule has 1 aromatic rings. The van der Waals surface area contributed by atoms with Gasteiger partial charge in [0.2, 0.25) is 9.76 Å². The van der Waals surface area contributed by atoms with Gasteiger partial charge in [-0.25, -0.2) is 0 Å². The molecule has 0 bridgehead atoms. The van der Waals surface area contributed by atoms with Crippen molar-refractivity contribution in [3.8, 4) is 5.75 Å². The van der Waals surface area contributed by atoms with Crippen molar-refractivity contribution in [1.29, 1.82) is 0 Å². The smallest absolute Gasteiger partial charge is 0.314 e. The predicted octanol–water partition coefficient (Wildman–Crippen LogP) is 2.24. The monoisotopic (exact) mass is 236 g/mol. The average Bonchev–Trinajstić information content (AvgIpc) is 2.31. The minimum Gasteiger partial charge on any atom is -0.549 e. The summed E-state index contributed by atoms with van der Waals surface area (Å²) in [6.45, 7) is 2.21. The third kappa shape index (κ3) is 4.98. The number of amides is 1.